The molecule has 0 amide bonds. The quantitative estimate of drug-likeness (QED) is 0.233. The molecule has 6 aromatic rings. The number of nitrogens with zero attached hydrogens (tertiary/aromatic N) is 6. The Morgan fingerprint density at radius 3 is 2.73 bits per heavy atom. The second-order valence-corrected chi connectivity index (χ2v) is 9.30. The Balaban J connectivity index is 1.38. The lowest BCUT2D eigenvalue weighted by atomic mass is 10.1. The Bertz CT molecular complexity index is 1690. The SMILES string of the molecule is CC(C)CC(O)Nc1cncc(-c2cc3c(-c4nc5c(-c6ccccn6)ccnc5[nH]4)n[nH]c3cn2)c1. The lowest BCUT2D eigenvalue weighted by Crippen LogP contribution is -2.20. The second-order valence-electron chi connectivity index (χ2n) is 9.30. The molecule has 0 saturated carbocycles. The summed E-state index contributed by atoms with van der Waals surface area (Å²) in [4.78, 5) is 26.0. The van der Waals surface area contributed by atoms with Crippen LogP contribution in [-0.2, 0) is 0 Å². The number of anilines is 1. The number of aromatic amines is 2. The number of rotatable bonds is 7. The number of aliphatic hydroxyl groups is 1. The van der Waals surface area contributed by atoms with Crippen molar-refractivity contribution in [2.45, 2.75) is 26.5 Å². The van der Waals surface area contributed by atoms with Crippen molar-refractivity contribution >= 4 is 27.8 Å². The summed E-state index contributed by atoms with van der Waals surface area (Å²) in [6.45, 7) is 4.14. The Morgan fingerprint density at radius 2 is 1.89 bits per heavy atom. The molecule has 1 unspecified atom stereocenters. The van der Waals surface area contributed by atoms with Gasteiger partial charge in [-0.15, -0.1) is 0 Å². The molecule has 0 spiro atoms. The van der Waals surface area contributed by atoms with Crippen molar-refractivity contribution in [1.29, 1.82) is 0 Å². The zero-order chi connectivity index (χ0) is 25.4. The van der Waals surface area contributed by atoms with Crippen molar-refractivity contribution in [2.24, 2.45) is 5.92 Å². The molecule has 4 N–H and O–H groups in total. The van der Waals surface area contributed by atoms with Gasteiger partial charge in [0, 0.05) is 35.1 Å². The van der Waals surface area contributed by atoms with Gasteiger partial charge >= 0.3 is 0 Å². The zero-order valence-electron chi connectivity index (χ0n) is 20.3. The minimum atomic E-state index is -0.648. The molecule has 184 valence electrons. The number of aromatic nitrogens is 8. The van der Waals surface area contributed by atoms with Gasteiger partial charge in [-0.2, -0.15) is 5.10 Å². The molecule has 6 heterocycles. The number of H-pyrrole nitrogens is 2. The van der Waals surface area contributed by atoms with Gasteiger partial charge < -0.3 is 15.4 Å². The second kappa shape index (κ2) is 9.40. The Labute approximate surface area is 212 Å². The van der Waals surface area contributed by atoms with E-state index in [1.807, 2.05) is 36.4 Å². The van der Waals surface area contributed by atoms with Crippen molar-refractivity contribution in [2.75, 3.05) is 5.32 Å². The zero-order valence-corrected chi connectivity index (χ0v) is 20.3. The van der Waals surface area contributed by atoms with Crippen LogP contribution in [0.25, 0.3) is 56.1 Å². The highest BCUT2D eigenvalue weighted by Crippen LogP contribution is 2.31. The molecular formula is C27H25N9O. The molecule has 10 nitrogen and oxygen atoms in total. The number of pyridine rings is 4. The minimum Gasteiger partial charge on any atom is -0.374 e. The van der Waals surface area contributed by atoms with Crippen molar-refractivity contribution in [3.63, 3.8) is 0 Å². The lowest BCUT2D eigenvalue weighted by Gasteiger charge is -2.16. The summed E-state index contributed by atoms with van der Waals surface area (Å²) in [5, 5.41) is 21.8. The molecule has 0 aromatic carbocycles. The van der Waals surface area contributed by atoms with Crippen LogP contribution in [0.15, 0.2) is 67.4 Å². The van der Waals surface area contributed by atoms with Crippen LogP contribution in [0.1, 0.15) is 20.3 Å². The van der Waals surface area contributed by atoms with E-state index in [1.165, 1.54) is 0 Å². The van der Waals surface area contributed by atoms with E-state index in [4.69, 9.17) is 4.98 Å². The third-order valence-electron chi connectivity index (χ3n) is 6.06. The van der Waals surface area contributed by atoms with Crippen molar-refractivity contribution in [1.82, 2.24) is 40.1 Å². The van der Waals surface area contributed by atoms with Gasteiger partial charge in [-0.3, -0.25) is 20.1 Å². The third-order valence-corrected chi connectivity index (χ3v) is 6.06. The number of aliphatic hydroxyl groups excluding tert-OH is 1. The summed E-state index contributed by atoms with van der Waals surface area (Å²) >= 11 is 0. The standard InChI is InChI=1S/C27H25N9O/c1-15(2)9-23(37)32-17-10-16(12-28-13-17)21-11-19-22(14-31-21)35-36-25(19)27-33-24-18(6-8-30-26(24)34-27)20-5-3-4-7-29-20/h3-8,10-15,23,32,37H,9H2,1-2H3,(H,35,36)(H,30,33,34). The van der Waals surface area contributed by atoms with Crippen LogP contribution in [0.5, 0.6) is 0 Å². The summed E-state index contributed by atoms with van der Waals surface area (Å²) < 4.78 is 0. The summed E-state index contributed by atoms with van der Waals surface area (Å²) in [5.74, 6) is 0.968. The van der Waals surface area contributed by atoms with Crippen LogP contribution in [0.2, 0.25) is 0 Å². The van der Waals surface area contributed by atoms with E-state index in [2.05, 4.69) is 54.3 Å². The van der Waals surface area contributed by atoms with Crippen LogP contribution in [0.3, 0.4) is 0 Å². The van der Waals surface area contributed by atoms with E-state index >= 15 is 0 Å². The fraction of sp³-hybridized carbons (Fsp3) is 0.185. The van der Waals surface area contributed by atoms with E-state index in [0.717, 1.165) is 44.6 Å². The largest absolute Gasteiger partial charge is 0.374 e. The first-order chi connectivity index (χ1) is 18.0. The first kappa shape index (κ1) is 22.7. The number of hydrogen-bond acceptors (Lipinski definition) is 8. The summed E-state index contributed by atoms with van der Waals surface area (Å²) in [6.07, 6.45) is 8.68. The molecule has 6 aromatic heterocycles. The predicted octanol–water partition coefficient (Wildman–Crippen LogP) is 4.80. The van der Waals surface area contributed by atoms with E-state index in [1.54, 1.807) is 31.0 Å². The monoisotopic (exact) mass is 491 g/mol. The highest BCUT2D eigenvalue weighted by Gasteiger charge is 2.17. The van der Waals surface area contributed by atoms with Crippen LogP contribution in [0, 0.1) is 5.92 Å². The highest BCUT2D eigenvalue weighted by atomic mass is 16.3. The molecule has 0 aliphatic carbocycles. The van der Waals surface area contributed by atoms with Crippen molar-refractivity contribution in [3.8, 4) is 34.0 Å². The van der Waals surface area contributed by atoms with Crippen molar-refractivity contribution < 1.29 is 5.11 Å². The van der Waals surface area contributed by atoms with E-state index < -0.39 is 6.23 Å². The molecule has 0 saturated heterocycles. The van der Waals surface area contributed by atoms with Gasteiger partial charge in [-0.1, -0.05) is 19.9 Å². The molecule has 0 aliphatic heterocycles. The number of nitrogens with one attached hydrogen (secondary N) is 3. The first-order valence-electron chi connectivity index (χ1n) is 12.1. The van der Waals surface area contributed by atoms with Gasteiger partial charge in [0.05, 0.1) is 35.0 Å². The van der Waals surface area contributed by atoms with E-state index in [-0.39, 0.29) is 0 Å². The number of imidazole rings is 1. The smallest absolute Gasteiger partial charge is 0.160 e. The molecular weight excluding hydrogens is 466 g/mol. The maximum absolute atomic E-state index is 10.3. The van der Waals surface area contributed by atoms with E-state index in [9.17, 15) is 5.11 Å². The van der Waals surface area contributed by atoms with Crippen LogP contribution >= 0.6 is 0 Å². The fourth-order valence-electron chi connectivity index (χ4n) is 4.36. The Kier molecular flexibility index (Phi) is 5.78. The first-order valence-corrected chi connectivity index (χ1v) is 12.1. The van der Waals surface area contributed by atoms with E-state index in [0.29, 0.717) is 29.5 Å². The molecule has 0 bridgehead atoms. The van der Waals surface area contributed by atoms with Crippen molar-refractivity contribution in [3.05, 3.63) is 67.4 Å². The molecule has 0 fully saturated rings. The molecule has 37 heavy (non-hydrogen) atoms. The predicted molar refractivity (Wildman–Crippen MR) is 142 cm³/mol. The molecule has 0 aliphatic rings. The van der Waals surface area contributed by atoms with Gasteiger partial charge in [0.15, 0.2) is 11.5 Å². The van der Waals surface area contributed by atoms with Gasteiger partial charge in [-0.05, 0) is 42.7 Å². The van der Waals surface area contributed by atoms with Crippen LogP contribution in [0.4, 0.5) is 5.69 Å². The number of fused-ring (bicyclic) bond motifs is 2. The highest BCUT2D eigenvalue weighted by molar-refractivity contribution is 5.96. The minimum absolute atomic E-state index is 0.371. The lowest BCUT2D eigenvalue weighted by molar-refractivity contribution is 0.176. The molecule has 6 rings (SSSR count). The average Bonchev–Trinajstić information content (AvgIpc) is 3.52. The maximum Gasteiger partial charge on any atom is 0.160 e. The summed E-state index contributed by atoms with van der Waals surface area (Å²) in [5.41, 5.74) is 6.83. The Morgan fingerprint density at radius 1 is 0.973 bits per heavy atom. The number of hydrogen-bond donors (Lipinski definition) is 4. The molecule has 0 radical (unpaired) electrons. The molecule has 1 atom stereocenters. The fourth-order valence-corrected chi connectivity index (χ4v) is 4.36. The topological polar surface area (TPSA) is 141 Å². The van der Waals surface area contributed by atoms with Gasteiger partial charge in [0.1, 0.15) is 17.4 Å². The van der Waals surface area contributed by atoms with Gasteiger partial charge in [0.2, 0.25) is 0 Å². The van der Waals surface area contributed by atoms with Gasteiger partial charge in [0.25, 0.3) is 0 Å². The normalized spacial score (nSPS) is 12.4. The Hall–Kier alpha value is -4.70. The van der Waals surface area contributed by atoms with Crippen LogP contribution in [-0.4, -0.2) is 51.4 Å². The summed E-state index contributed by atoms with van der Waals surface area (Å²) in [7, 11) is 0. The molecule has 10 heteroatoms. The summed E-state index contributed by atoms with van der Waals surface area (Å²) in [6, 6.07) is 11.6. The van der Waals surface area contributed by atoms with Gasteiger partial charge in [-0.25, -0.2) is 9.97 Å². The third kappa shape index (κ3) is 4.50. The maximum atomic E-state index is 10.3. The van der Waals surface area contributed by atoms with Crippen LogP contribution < -0.4 is 5.32 Å². The average molecular weight is 492 g/mol.